The van der Waals surface area contributed by atoms with Crippen LogP contribution in [0.5, 0.6) is 0 Å². The second-order valence-electron chi connectivity index (χ2n) is 5.19. The van der Waals surface area contributed by atoms with Crippen LogP contribution in [0.3, 0.4) is 0 Å². The van der Waals surface area contributed by atoms with Crippen molar-refractivity contribution < 1.29 is 4.39 Å². The van der Waals surface area contributed by atoms with Crippen LogP contribution < -0.4 is 5.32 Å². The Bertz CT molecular complexity index is 610. The highest BCUT2D eigenvalue weighted by molar-refractivity contribution is 6.30. The van der Waals surface area contributed by atoms with Crippen molar-refractivity contribution in [2.24, 2.45) is 0 Å². The smallest absolute Gasteiger partial charge is 0.146 e. The number of halogens is 3. The number of rotatable bonds is 3. The third-order valence-electron chi connectivity index (χ3n) is 3.83. The number of pyridine rings is 1. The van der Waals surface area contributed by atoms with E-state index >= 15 is 0 Å². The molecule has 1 aromatic heterocycles. The van der Waals surface area contributed by atoms with E-state index in [-0.39, 0.29) is 29.3 Å². The molecule has 2 heterocycles. The number of hydrogen-bond donors (Lipinski definition) is 1. The van der Waals surface area contributed by atoms with E-state index in [2.05, 4.69) is 21.3 Å². The maximum absolute atomic E-state index is 14.1. The molecule has 1 N–H and O–H groups in total. The molecule has 0 spiro atoms. The van der Waals surface area contributed by atoms with E-state index in [1.54, 1.807) is 24.4 Å². The fourth-order valence-corrected chi connectivity index (χ4v) is 2.92. The molecule has 0 bridgehead atoms. The standard InChI is InChI=1S/C16H17ClFN3.ClH/c17-14-5-1-3-13(16(14)18)11-21-8-7-20-10-15(21)12-4-2-6-19-9-12;/h1-6,9,15,20H,7-8,10-11H2;1H. The molecule has 0 saturated carbocycles. The Morgan fingerprint density at radius 3 is 2.95 bits per heavy atom. The lowest BCUT2D eigenvalue weighted by atomic mass is 10.0. The van der Waals surface area contributed by atoms with Gasteiger partial charge in [0.15, 0.2) is 0 Å². The first-order valence-corrected chi connectivity index (χ1v) is 7.41. The van der Waals surface area contributed by atoms with Gasteiger partial charge < -0.3 is 5.32 Å². The Morgan fingerprint density at radius 2 is 2.18 bits per heavy atom. The van der Waals surface area contributed by atoms with Crippen LogP contribution in [0.25, 0.3) is 0 Å². The van der Waals surface area contributed by atoms with Crippen molar-refractivity contribution in [3.05, 3.63) is 64.7 Å². The molecule has 0 amide bonds. The number of nitrogens with one attached hydrogen (secondary N) is 1. The Kier molecular flexibility index (Phi) is 6.15. The molecule has 0 aliphatic carbocycles. The fraction of sp³-hybridized carbons (Fsp3) is 0.312. The van der Waals surface area contributed by atoms with Gasteiger partial charge in [-0.3, -0.25) is 9.88 Å². The minimum Gasteiger partial charge on any atom is -0.314 e. The molecule has 3 nitrogen and oxygen atoms in total. The second-order valence-corrected chi connectivity index (χ2v) is 5.60. The van der Waals surface area contributed by atoms with E-state index in [1.165, 1.54) is 0 Å². The monoisotopic (exact) mass is 341 g/mol. The molecule has 1 aliphatic heterocycles. The molecule has 1 fully saturated rings. The molecule has 1 aliphatic rings. The lowest BCUT2D eigenvalue weighted by Crippen LogP contribution is -2.45. The van der Waals surface area contributed by atoms with Crippen LogP contribution in [-0.4, -0.2) is 29.5 Å². The minimum atomic E-state index is -0.317. The van der Waals surface area contributed by atoms with Crippen LogP contribution in [0.2, 0.25) is 5.02 Å². The summed E-state index contributed by atoms with van der Waals surface area (Å²) in [4.78, 5) is 6.45. The maximum atomic E-state index is 14.1. The van der Waals surface area contributed by atoms with Crippen LogP contribution >= 0.6 is 24.0 Å². The van der Waals surface area contributed by atoms with E-state index in [0.29, 0.717) is 12.1 Å². The molecule has 3 rings (SSSR count). The van der Waals surface area contributed by atoms with Gasteiger partial charge in [0, 0.05) is 50.2 Å². The lowest BCUT2D eigenvalue weighted by molar-refractivity contribution is 0.151. The van der Waals surface area contributed by atoms with Gasteiger partial charge in [-0.25, -0.2) is 4.39 Å². The van der Waals surface area contributed by atoms with Gasteiger partial charge in [-0.2, -0.15) is 0 Å². The molecular formula is C16H18Cl2FN3. The normalized spacial score (nSPS) is 18.7. The average molecular weight is 342 g/mol. The predicted octanol–water partition coefficient (Wildman–Crippen LogP) is 3.44. The Balaban J connectivity index is 0.00000176. The van der Waals surface area contributed by atoms with Gasteiger partial charge in [0.1, 0.15) is 5.82 Å². The second kappa shape index (κ2) is 7.88. The fourth-order valence-electron chi connectivity index (χ4n) is 2.73. The summed E-state index contributed by atoms with van der Waals surface area (Å²) in [5, 5.41) is 3.57. The van der Waals surface area contributed by atoms with Gasteiger partial charge in [0.05, 0.1) is 5.02 Å². The summed E-state index contributed by atoms with van der Waals surface area (Å²) in [6.07, 6.45) is 3.64. The van der Waals surface area contributed by atoms with Gasteiger partial charge in [-0.05, 0) is 17.7 Å². The quantitative estimate of drug-likeness (QED) is 0.926. The molecule has 118 valence electrons. The average Bonchev–Trinajstić information content (AvgIpc) is 2.53. The van der Waals surface area contributed by atoms with Crippen molar-refractivity contribution in [2.75, 3.05) is 19.6 Å². The van der Waals surface area contributed by atoms with Crippen LogP contribution in [-0.2, 0) is 6.54 Å². The first-order valence-electron chi connectivity index (χ1n) is 7.03. The number of piperazine rings is 1. The number of nitrogens with zero attached hydrogens (tertiary/aromatic N) is 2. The Hall–Kier alpha value is -1.20. The van der Waals surface area contributed by atoms with Gasteiger partial charge in [0.25, 0.3) is 0 Å². The zero-order valence-corrected chi connectivity index (χ0v) is 13.6. The Labute approximate surface area is 140 Å². The summed E-state index contributed by atoms with van der Waals surface area (Å²) >= 11 is 5.87. The van der Waals surface area contributed by atoms with E-state index in [9.17, 15) is 4.39 Å². The number of hydrogen-bond acceptors (Lipinski definition) is 3. The van der Waals surface area contributed by atoms with Crippen LogP contribution in [0.4, 0.5) is 4.39 Å². The summed E-state index contributed by atoms with van der Waals surface area (Å²) in [7, 11) is 0. The third kappa shape index (κ3) is 3.76. The SMILES string of the molecule is Cl.Fc1c(Cl)cccc1CN1CCNCC1c1cccnc1. The predicted molar refractivity (Wildman–Crippen MR) is 88.9 cm³/mol. The molecule has 1 unspecified atom stereocenters. The molecule has 1 atom stereocenters. The first-order chi connectivity index (χ1) is 10.3. The van der Waals surface area contributed by atoms with Crippen molar-refractivity contribution in [2.45, 2.75) is 12.6 Å². The molecule has 0 radical (unpaired) electrons. The van der Waals surface area contributed by atoms with Gasteiger partial charge in [0.2, 0.25) is 0 Å². The summed E-state index contributed by atoms with van der Waals surface area (Å²) in [5.74, 6) is -0.317. The highest BCUT2D eigenvalue weighted by Gasteiger charge is 2.24. The lowest BCUT2D eigenvalue weighted by Gasteiger charge is -2.36. The topological polar surface area (TPSA) is 28.2 Å². The number of benzene rings is 1. The van der Waals surface area contributed by atoms with E-state index < -0.39 is 0 Å². The van der Waals surface area contributed by atoms with E-state index in [0.717, 1.165) is 25.2 Å². The van der Waals surface area contributed by atoms with Crippen molar-refractivity contribution >= 4 is 24.0 Å². The molecule has 2 aromatic rings. The first kappa shape index (κ1) is 17.2. The van der Waals surface area contributed by atoms with Gasteiger partial charge in [-0.15, -0.1) is 12.4 Å². The van der Waals surface area contributed by atoms with Crippen LogP contribution in [0.1, 0.15) is 17.2 Å². The van der Waals surface area contributed by atoms with Gasteiger partial charge in [-0.1, -0.05) is 29.8 Å². The molecular weight excluding hydrogens is 324 g/mol. The molecule has 1 aromatic carbocycles. The summed E-state index contributed by atoms with van der Waals surface area (Å²) in [6, 6.07) is 9.36. The largest absolute Gasteiger partial charge is 0.314 e. The maximum Gasteiger partial charge on any atom is 0.146 e. The third-order valence-corrected chi connectivity index (χ3v) is 4.12. The summed E-state index contributed by atoms with van der Waals surface area (Å²) < 4.78 is 14.1. The van der Waals surface area contributed by atoms with Crippen molar-refractivity contribution in [3.63, 3.8) is 0 Å². The van der Waals surface area contributed by atoms with Gasteiger partial charge >= 0.3 is 0 Å². The molecule has 1 saturated heterocycles. The summed E-state index contributed by atoms with van der Waals surface area (Å²) in [5.41, 5.74) is 1.78. The van der Waals surface area contributed by atoms with Crippen LogP contribution in [0.15, 0.2) is 42.7 Å². The van der Waals surface area contributed by atoms with Crippen LogP contribution in [0, 0.1) is 5.82 Å². The summed E-state index contributed by atoms with van der Waals surface area (Å²) in [6.45, 7) is 3.16. The van der Waals surface area contributed by atoms with Crippen molar-refractivity contribution in [3.8, 4) is 0 Å². The highest BCUT2D eigenvalue weighted by Crippen LogP contribution is 2.26. The zero-order chi connectivity index (χ0) is 14.7. The minimum absolute atomic E-state index is 0. The highest BCUT2D eigenvalue weighted by atomic mass is 35.5. The van der Waals surface area contributed by atoms with E-state index in [1.807, 2.05) is 12.3 Å². The number of aromatic nitrogens is 1. The molecule has 6 heteroatoms. The molecule has 22 heavy (non-hydrogen) atoms. The Morgan fingerprint density at radius 1 is 1.32 bits per heavy atom. The van der Waals surface area contributed by atoms with Crippen molar-refractivity contribution in [1.82, 2.24) is 15.2 Å². The van der Waals surface area contributed by atoms with E-state index in [4.69, 9.17) is 11.6 Å². The van der Waals surface area contributed by atoms with Crippen molar-refractivity contribution in [1.29, 1.82) is 0 Å². The zero-order valence-electron chi connectivity index (χ0n) is 12.0.